The Morgan fingerprint density at radius 2 is 2.56 bits per heavy atom. The van der Waals surface area contributed by atoms with Gasteiger partial charge in [-0.25, -0.2) is 0 Å². The Bertz CT molecular complexity index is 136. The lowest BCUT2D eigenvalue weighted by Gasteiger charge is -2.01. The van der Waals surface area contributed by atoms with Gasteiger partial charge in [0.2, 0.25) is 0 Å². The van der Waals surface area contributed by atoms with Crippen LogP contribution in [0.5, 0.6) is 0 Å². The molecule has 0 saturated heterocycles. The summed E-state index contributed by atoms with van der Waals surface area (Å²) in [6.07, 6.45) is 7.41. The summed E-state index contributed by atoms with van der Waals surface area (Å²) in [5.41, 5.74) is 0. The van der Waals surface area contributed by atoms with Gasteiger partial charge in [-0.1, -0.05) is 12.2 Å². The third kappa shape index (κ3) is 2.00. The molecule has 0 fully saturated rings. The fraction of sp³-hybridized carbons (Fsp3) is 0.625. The van der Waals surface area contributed by atoms with Crippen LogP contribution in [-0.2, 0) is 4.79 Å². The zero-order chi connectivity index (χ0) is 6.69. The molecule has 0 aromatic rings. The summed E-state index contributed by atoms with van der Waals surface area (Å²) in [5.74, 6) is 0.869. The Balaban J connectivity index is 2.28. The minimum absolute atomic E-state index is 0.312. The van der Waals surface area contributed by atoms with Crippen molar-refractivity contribution in [3.63, 3.8) is 0 Å². The van der Waals surface area contributed by atoms with Crippen molar-refractivity contribution >= 4 is 5.78 Å². The van der Waals surface area contributed by atoms with E-state index in [0.717, 1.165) is 12.8 Å². The van der Waals surface area contributed by atoms with E-state index in [1.807, 2.05) is 0 Å². The molecule has 1 nitrogen and oxygen atoms in total. The normalized spacial score (nSPS) is 24.8. The van der Waals surface area contributed by atoms with E-state index >= 15 is 0 Å². The molecule has 1 aliphatic rings. The van der Waals surface area contributed by atoms with Gasteiger partial charge in [0.1, 0.15) is 5.78 Å². The molecule has 1 atom stereocenters. The van der Waals surface area contributed by atoms with Gasteiger partial charge in [0, 0.05) is 6.42 Å². The van der Waals surface area contributed by atoms with E-state index in [1.165, 1.54) is 6.42 Å². The first-order valence-corrected chi connectivity index (χ1v) is 3.45. The zero-order valence-corrected chi connectivity index (χ0v) is 5.76. The molecule has 1 unspecified atom stereocenters. The highest BCUT2D eigenvalue weighted by atomic mass is 16.1. The fourth-order valence-electron chi connectivity index (χ4n) is 1.23. The molecule has 1 rings (SSSR count). The molecule has 9 heavy (non-hydrogen) atoms. The number of hydrogen-bond acceptors (Lipinski definition) is 1. The quantitative estimate of drug-likeness (QED) is 0.514. The van der Waals surface area contributed by atoms with Gasteiger partial charge >= 0.3 is 0 Å². The topological polar surface area (TPSA) is 17.1 Å². The molecular weight excluding hydrogens is 112 g/mol. The van der Waals surface area contributed by atoms with Crippen molar-refractivity contribution in [3.8, 4) is 0 Å². The molecule has 0 aromatic heterocycles. The molecule has 1 heteroatoms. The standard InChI is InChI=1S/C8H12O/c1-7(9)6-8-4-2-3-5-8/h2,4,8H,3,5-6H2,1H3. The molecular formula is C8H12O. The monoisotopic (exact) mass is 124 g/mol. The number of ketones is 1. The smallest absolute Gasteiger partial charge is 0.130 e. The predicted molar refractivity (Wildman–Crippen MR) is 37.2 cm³/mol. The lowest BCUT2D eigenvalue weighted by Crippen LogP contribution is -1.98. The minimum atomic E-state index is 0.312. The number of carbonyl (C=O) groups is 1. The Morgan fingerprint density at radius 3 is 3.00 bits per heavy atom. The van der Waals surface area contributed by atoms with E-state index in [4.69, 9.17) is 0 Å². The van der Waals surface area contributed by atoms with Gasteiger partial charge in [0.15, 0.2) is 0 Å². The van der Waals surface area contributed by atoms with E-state index in [0.29, 0.717) is 11.7 Å². The summed E-state index contributed by atoms with van der Waals surface area (Å²) in [7, 11) is 0. The van der Waals surface area contributed by atoms with Crippen LogP contribution in [0, 0.1) is 5.92 Å². The van der Waals surface area contributed by atoms with Gasteiger partial charge in [0.05, 0.1) is 0 Å². The minimum Gasteiger partial charge on any atom is -0.300 e. The summed E-state index contributed by atoms with van der Waals surface area (Å²) >= 11 is 0. The van der Waals surface area contributed by atoms with E-state index in [9.17, 15) is 4.79 Å². The molecule has 0 heterocycles. The highest BCUT2D eigenvalue weighted by Crippen LogP contribution is 2.19. The van der Waals surface area contributed by atoms with Crippen molar-refractivity contribution in [3.05, 3.63) is 12.2 Å². The first-order valence-electron chi connectivity index (χ1n) is 3.45. The van der Waals surface area contributed by atoms with Crippen molar-refractivity contribution < 1.29 is 4.79 Å². The lowest BCUT2D eigenvalue weighted by molar-refractivity contribution is -0.117. The Kier molecular flexibility index (Phi) is 2.04. The highest BCUT2D eigenvalue weighted by Gasteiger charge is 2.10. The average molecular weight is 124 g/mol. The first kappa shape index (κ1) is 6.53. The largest absolute Gasteiger partial charge is 0.300 e. The summed E-state index contributed by atoms with van der Waals surface area (Å²) in [6.45, 7) is 1.66. The number of allylic oxidation sites excluding steroid dienone is 2. The molecule has 0 N–H and O–H groups in total. The zero-order valence-electron chi connectivity index (χ0n) is 5.76. The summed E-state index contributed by atoms with van der Waals surface area (Å²) in [6, 6.07) is 0. The Hall–Kier alpha value is -0.590. The van der Waals surface area contributed by atoms with Gasteiger partial charge in [-0.15, -0.1) is 0 Å². The second kappa shape index (κ2) is 2.81. The van der Waals surface area contributed by atoms with Crippen LogP contribution >= 0.6 is 0 Å². The van der Waals surface area contributed by atoms with Gasteiger partial charge in [-0.3, -0.25) is 0 Å². The number of Topliss-reactive ketones (excluding diaryl/α,β-unsaturated/α-hetero) is 1. The third-order valence-corrected chi connectivity index (χ3v) is 1.66. The summed E-state index contributed by atoms with van der Waals surface area (Å²) in [5, 5.41) is 0. The maximum atomic E-state index is 10.6. The van der Waals surface area contributed by atoms with Crippen LogP contribution in [0.15, 0.2) is 12.2 Å². The van der Waals surface area contributed by atoms with Crippen LogP contribution in [0.3, 0.4) is 0 Å². The van der Waals surface area contributed by atoms with Crippen LogP contribution in [0.2, 0.25) is 0 Å². The number of hydrogen-bond donors (Lipinski definition) is 0. The maximum absolute atomic E-state index is 10.6. The SMILES string of the molecule is CC(=O)CC1C=CCC1. The van der Waals surface area contributed by atoms with E-state index in [1.54, 1.807) is 6.92 Å². The van der Waals surface area contributed by atoms with Crippen molar-refractivity contribution in [2.24, 2.45) is 5.92 Å². The van der Waals surface area contributed by atoms with Crippen molar-refractivity contribution in [2.75, 3.05) is 0 Å². The van der Waals surface area contributed by atoms with E-state index < -0.39 is 0 Å². The highest BCUT2D eigenvalue weighted by molar-refractivity contribution is 5.75. The van der Waals surface area contributed by atoms with Crippen LogP contribution in [-0.4, -0.2) is 5.78 Å². The maximum Gasteiger partial charge on any atom is 0.130 e. The van der Waals surface area contributed by atoms with E-state index in [-0.39, 0.29) is 0 Å². The van der Waals surface area contributed by atoms with Crippen molar-refractivity contribution in [1.29, 1.82) is 0 Å². The van der Waals surface area contributed by atoms with Crippen LogP contribution in [0.25, 0.3) is 0 Å². The molecule has 0 saturated carbocycles. The summed E-state index contributed by atoms with van der Waals surface area (Å²) < 4.78 is 0. The van der Waals surface area contributed by atoms with Gasteiger partial charge in [0.25, 0.3) is 0 Å². The van der Waals surface area contributed by atoms with Gasteiger partial charge in [-0.05, 0) is 25.7 Å². The van der Waals surface area contributed by atoms with Gasteiger partial charge in [-0.2, -0.15) is 0 Å². The third-order valence-electron chi connectivity index (χ3n) is 1.66. The van der Waals surface area contributed by atoms with Crippen molar-refractivity contribution in [2.45, 2.75) is 26.2 Å². The molecule has 0 spiro atoms. The van der Waals surface area contributed by atoms with Crippen LogP contribution < -0.4 is 0 Å². The second-order valence-corrected chi connectivity index (χ2v) is 2.67. The number of rotatable bonds is 2. The molecule has 1 aliphatic carbocycles. The predicted octanol–water partition coefficient (Wildman–Crippen LogP) is 1.93. The van der Waals surface area contributed by atoms with Crippen LogP contribution in [0.4, 0.5) is 0 Å². The Morgan fingerprint density at radius 1 is 1.78 bits per heavy atom. The Labute approximate surface area is 55.8 Å². The summed E-state index contributed by atoms with van der Waals surface area (Å²) in [4.78, 5) is 10.6. The first-order chi connectivity index (χ1) is 4.29. The molecule has 0 bridgehead atoms. The lowest BCUT2D eigenvalue weighted by atomic mass is 10.0. The van der Waals surface area contributed by atoms with Crippen LogP contribution in [0.1, 0.15) is 26.2 Å². The molecule has 0 aliphatic heterocycles. The average Bonchev–Trinajstić information content (AvgIpc) is 2.15. The van der Waals surface area contributed by atoms with Gasteiger partial charge < -0.3 is 4.79 Å². The fourth-order valence-corrected chi connectivity index (χ4v) is 1.23. The molecule has 0 radical (unpaired) electrons. The molecule has 0 amide bonds. The number of carbonyl (C=O) groups excluding carboxylic acids is 1. The molecule has 0 aromatic carbocycles. The second-order valence-electron chi connectivity index (χ2n) is 2.67. The van der Waals surface area contributed by atoms with Crippen molar-refractivity contribution in [1.82, 2.24) is 0 Å². The molecule has 50 valence electrons. The van der Waals surface area contributed by atoms with E-state index in [2.05, 4.69) is 12.2 Å².